The van der Waals surface area contributed by atoms with Gasteiger partial charge >= 0.3 is 0 Å². The van der Waals surface area contributed by atoms with Crippen molar-refractivity contribution in [2.45, 2.75) is 31.8 Å². The molecule has 2 amide bonds. The quantitative estimate of drug-likeness (QED) is 0.813. The van der Waals surface area contributed by atoms with Gasteiger partial charge in [-0.05, 0) is 35.2 Å². The monoisotopic (exact) mass is 398 g/mol. The molecule has 0 aliphatic carbocycles. The summed E-state index contributed by atoms with van der Waals surface area (Å²) >= 11 is 0. The van der Waals surface area contributed by atoms with Gasteiger partial charge < -0.3 is 15.0 Å². The van der Waals surface area contributed by atoms with E-state index < -0.39 is 5.60 Å². The van der Waals surface area contributed by atoms with Crippen LogP contribution in [-0.2, 0) is 20.7 Å². The van der Waals surface area contributed by atoms with Gasteiger partial charge in [-0.25, -0.2) is 4.39 Å². The lowest BCUT2D eigenvalue weighted by Gasteiger charge is -2.41. The van der Waals surface area contributed by atoms with Crippen LogP contribution in [0.3, 0.4) is 0 Å². The van der Waals surface area contributed by atoms with Crippen LogP contribution in [-0.4, -0.2) is 49.1 Å². The second-order valence-corrected chi connectivity index (χ2v) is 7.37. The van der Waals surface area contributed by atoms with Crippen LogP contribution in [0.15, 0.2) is 48.5 Å². The number of halogens is 1. The Hall–Kier alpha value is -2.73. The molecule has 0 radical (unpaired) electrons. The number of carbonyl (C=O) groups is 2. The van der Waals surface area contributed by atoms with Crippen molar-refractivity contribution in [2.75, 3.05) is 26.7 Å². The lowest BCUT2D eigenvalue weighted by atomic mass is 9.90. The fourth-order valence-corrected chi connectivity index (χ4v) is 3.71. The number of nitrogens with one attached hydrogen (secondary N) is 1. The summed E-state index contributed by atoms with van der Waals surface area (Å²) in [5.41, 5.74) is 1.72. The first-order chi connectivity index (χ1) is 14.0. The predicted molar refractivity (Wildman–Crippen MR) is 110 cm³/mol. The topological polar surface area (TPSA) is 58.6 Å². The maximum Gasteiger partial charge on any atom is 0.254 e. The highest BCUT2D eigenvalue weighted by atomic mass is 19.1. The van der Waals surface area contributed by atoms with Crippen molar-refractivity contribution in [3.8, 4) is 11.1 Å². The molecule has 6 heteroatoms. The van der Waals surface area contributed by atoms with Crippen LogP contribution < -0.4 is 5.32 Å². The number of hydrogen-bond donors (Lipinski definition) is 1. The van der Waals surface area contributed by atoms with Crippen LogP contribution in [0.25, 0.3) is 11.1 Å². The average Bonchev–Trinajstić information content (AvgIpc) is 2.74. The van der Waals surface area contributed by atoms with Crippen LogP contribution in [0.2, 0.25) is 0 Å². The Labute approximate surface area is 170 Å². The number of ether oxygens (including phenoxy) is 1. The smallest absolute Gasteiger partial charge is 0.254 e. The van der Waals surface area contributed by atoms with Gasteiger partial charge in [-0.3, -0.25) is 9.59 Å². The van der Waals surface area contributed by atoms with Gasteiger partial charge in [0.2, 0.25) is 5.91 Å². The molecule has 5 nitrogen and oxygen atoms in total. The van der Waals surface area contributed by atoms with Crippen molar-refractivity contribution in [2.24, 2.45) is 0 Å². The maximum atomic E-state index is 13.1. The number of morpholine rings is 1. The van der Waals surface area contributed by atoms with Gasteiger partial charge in [0, 0.05) is 26.4 Å². The van der Waals surface area contributed by atoms with Gasteiger partial charge in [-0.15, -0.1) is 0 Å². The normalized spacial score (nSPS) is 19.1. The summed E-state index contributed by atoms with van der Waals surface area (Å²) in [5, 5.41) is 2.69. The van der Waals surface area contributed by atoms with Crippen LogP contribution in [0.4, 0.5) is 4.39 Å². The first-order valence-corrected chi connectivity index (χ1v) is 9.96. The number of carbonyl (C=O) groups excluding carboxylic acids is 2. The highest BCUT2D eigenvalue weighted by Crippen LogP contribution is 2.26. The molecule has 1 unspecified atom stereocenters. The first-order valence-electron chi connectivity index (χ1n) is 9.96. The second-order valence-electron chi connectivity index (χ2n) is 7.37. The zero-order valence-corrected chi connectivity index (χ0v) is 16.9. The Morgan fingerprint density at radius 2 is 1.72 bits per heavy atom. The third-order valence-corrected chi connectivity index (χ3v) is 5.26. The predicted octanol–water partition coefficient (Wildman–Crippen LogP) is 3.18. The Bertz CT molecular complexity index is 851. The van der Waals surface area contributed by atoms with Crippen molar-refractivity contribution >= 4 is 11.8 Å². The van der Waals surface area contributed by atoms with E-state index in [9.17, 15) is 14.0 Å². The van der Waals surface area contributed by atoms with E-state index in [1.807, 2.05) is 31.2 Å². The molecule has 1 N–H and O–H groups in total. The van der Waals surface area contributed by atoms with E-state index in [0.29, 0.717) is 26.0 Å². The molecular formula is C23H27FN2O3. The molecule has 0 spiro atoms. The number of nitrogens with zero attached hydrogens (tertiary/aromatic N) is 1. The van der Waals surface area contributed by atoms with Gasteiger partial charge in [0.1, 0.15) is 5.82 Å². The third kappa shape index (κ3) is 4.82. The fraction of sp³-hybridized carbons (Fsp3) is 0.391. The summed E-state index contributed by atoms with van der Waals surface area (Å²) in [4.78, 5) is 26.8. The molecule has 0 saturated carbocycles. The van der Waals surface area contributed by atoms with Crippen LogP contribution in [0.1, 0.15) is 25.3 Å². The van der Waals surface area contributed by atoms with Crippen LogP contribution in [0, 0.1) is 5.82 Å². The summed E-state index contributed by atoms with van der Waals surface area (Å²) in [6, 6.07) is 14.1. The molecule has 1 saturated heterocycles. The lowest BCUT2D eigenvalue weighted by Crippen LogP contribution is -2.61. The number of hydrogen-bond acceptors (Lipinski definition) is 3. The molecule has 1 aliphatic rings. The van der Waals surface area contributed by atoms with E-state index in [-0.39, 0.29) is 24.2 Å². The zero-order valence-electron chi connectivity index (χ0n) is 16.9. The van der Waals surface area contributed by atoms with Crippen LogP contribution in [0.5, 0.6) is 0 Å². The third-order valence-electron chi connectivity index (χ3n) is 5.26. The maximum absolute atomic E-state index is 13.1. The Morgan fingerprint density at radius 1 is 1.10 bits per heavy atom. The minimum atomic E-state index is -1.10. The van der Waals surface area contributed by atoms with Crippen molar-refractivity contribution in [3.63, 3.8) is 0 Å². The second kappa shape index (κ2) is 9.18. The minimum Gasteiger partial charge on any atom is -0.361 e. The number of amides is 2. The highest BCUT2D eigenvalue weighted by Gasteiger charge is 2.44. The lowest BCUT2D eigenvalue weighted by molar-refractivity contribution is -0.165. The van der Waals surface area contributed by atoms with E-state index in [2.05, 4.69) is 5.32 Å². The standard InChI is InChI=1S/C23H27FN2O3/c1-3-4-21(27)26-13-14-29-23(16-26,22(28)25-2)15-17-5-7-18(8-6-17)19-9-11-20(24)12-10-19/h5-12H,3-4,13-16H2,1-2H3,(H,25,28). The van der Waals surface area contributed by atoms with Crippen molar-refractivity contribution < 1.29 is 18.7 Å². The molecule has 1 heterocycles. The SMILES string of the molecule is CCCC(=O)N1CCOC(Cc2ccc(-c3ccc(F)cc3)cc2)(C(=O)NC)C1. The van der Waals surface area contributed by atoms with Crippen molar-refractivity contribution in [1.82, 2.24) is 10.2 Å². The van der Waals surface area contributed by atoms with Gasteiger partial charge in [0.15, 0.2) is 5.60 Å². The first kappa shape index (κ1) is 21.0. The molecule has 29 heavy (non-hydrogen) atoms. The van der Waals surface area contributed by atoms with Gasteiger partial charge in [0.05, 0.1) is 13.2 Å². The average molecular weight is 398 g/mol. The molecule has 2 aromatic rings. The summed E-state index contributed by atoms with van der Waals surface area (Å²) < 4.78 is 19.1. The molecule has 2 aromatic carbocycles. The van der Waals surface area contributed by atoms with Crippen molar-refractivity contribution in [1.29, 1.82) is 0 Å². The molecule has 3 rings (SSSR count). The summed E-state index contributed by atoms with van der Waals surface area (Å²) in [6.45, 7) is 3.04. The Kier molecular flexibility index (Phi) is 6.64. The molecular weight excluding hydrogens is 371 g/mol. The van der Waals surface area contributed by atoms with Gasteiger partial charge in [0.25, 0.3) is 5.91 Å². The molecule has 1 atom stereocenters. The van der Waals surface area contributed by atoms with E-state index in [0.717, 1.165) is 23.1 Å². The zero-order chi connectivity index (χ0) is 20.9. The van der Waals surface area contributed by atoms with Crippen LogP contribution >= 0.6 is 0 Å². The fourth-order valence-electron chi connectivity index (χ4n) is 3.71. The molecule has 0 aromatic heterocycles. The van der Waals surface area contributed by atoms with E-state index >= 15 is 0 Å². The Balaban J connectivity index is 1.80. The minimum absolute atomic E-state index is 0.0516. The van der Waals surface area contributed by atoms with E-state index in [1.54, 1.807) is 24.1 Å². The van der Waals surface area contributed by atoms with Crippen molar-refractivity contribution in [3.05, 3.63) is 59.9 Å². The summed E-state index contributed by atoms with van der Waals surface area (Å²) in [5.74, 6) is -0.445. The number of rotatable bonds is 6. The number of likely N-dealkylation sites (N-methyl/N-ethyl adjacent to an activating group) is 1. The Morgan fingerprint density at radius 3 is 2.31 bits per heavy atom. The van der Waals surface area contributed by atoms with Gasteiger partial charge in [-0.2, -0.15) is 0 Å². The molecule has 1 aliphatic heterocycles. The van der Waals surface area contributed by atoms with E-state index in [4.69, 9.17) is 4.74 Å². The number of benzene rings is 2. The summed E-state index contributed by atoms with van der Waals surface area (Å²) in [6.07, 6.45) is 1.61. The summed E-state index contributed by atoms with van der Waals surface area (Å²) in [7, 11) is 1.58. The van der Waals surface area contributed by atoms with E-state index in [1.165, 1.54) is 12.1 Å². The highest BCUT2D eigenvalue weighted by molar-refractivity contribution is 5.87. The molecule has 1 fully saturated rings. The largest absolute Gasteiger partial charge is 0.361 e. The molecule has 0 bridgehead atoms. The molecule has 154 valence electrons. The van der Waals surface area contributed by atoms with Gasteiger partial charge in [-0.1, -0.05) is 43.3 Å².